The first kappa shape index (κ1) is 21.6. The Morgan fingerprint density at radius 3 is 2.66 bits per heavy atom. The van der Waals surface area contributed by atoms with Gasteiger partial charge in [-0.05, 0) is 41.8 Å². The Labute approximate surface area is 182 Å². The molecule has 32 heavy (non-hydrogen) atoms. The smallest absolute Gasteiger partial charge is 0.255 e. The first-order valence-corrected chi connectivity index (χ1v) is 11.1. The molecule has 1 fully saturated rings. The Balaban J connectivity index is 1.48. The van der Waals surface area contributed by atoms with E-state index in [9.17, 15) is 27.2 Å². The highest BCUT2D eigenvalue weighted by Crippen LogP contribution is 2.28. The molecule has 0 spiro atoms. The minimum Gasteiger partial charge on any atom is -0.322 e. The van der Waals surface area contributed by atoms with Crippen molar-refractivity contribution >= 4 is 27.7 Å². The van der Waals surface area contributed by atoms with Crippen molar-refractivity contribution in [2.75, 3.05) is 0 Å². The number of hydrogen-bond acceptors (Lipinski definition) is 6. The van der Waals surface area contributed by atoms with Crippen LogP contribution in [0.5, 0.6) is 0 Å². The predicted molar refractivity (Wildman–Crippen MR) is 108 cm³/mol. The van der Waals surface area contributed by atoms with Gasteiger partial charge in [-0.15, -0.1) is 0 Å². The zero-order valence-corrected chi connectivity index (χ0v) is 17.4. The van der Waals surface area contributed by atoms with Crippen LogP contribution in [0.1, 0.15) is 39.9 Å². The molecule has 1 saturated heterocycles. The van der Waals surface area contributed by atoms with Crippen LogP contribution < -0.4 is 10.0 Å². The molecule has 0 bridgehead atoms. The Hall–Kier alpha value is -3.62. The van der Waals surface area contributed by atoms with Crippen LogP contribution in [-0.4, -0.2) is 37.1 Å². The molecule has 1 atom stereocenters. The molecule has 11 heteroatoms. The van der Waals surface area contributed by atoms with Gasteiger partial charge in [-0.3, -0.25) is 19.7 Å². The Bertz CT molecular complexity index is 1300. The van der Waals surface area contributed by atoms with E-state index < -0.39 is 32.7 Å². The number of hydrogen-bond donors (Lipinski definition) is 2. The van der Waals surface area contributed by atoms with Gasteiger partial charge in [-0.25, -0.2) is 17.5 Å². The van der Waals surface area contributed by atoms with Gasteiger partial charge >= 0.3 is 0 Å². The summed E-state index contributed by atoms with van der Waals surface area (Å²) in [5.74, 6) is -2.25. The van der Waals surface area contributed by atoms with Crippen molar-refractivity contribution in [2.24, 2.45) is 0 Å². The van der Waals surface area contributed by atoms with E-state index in [2.05, 4.69) is 10.0 Å². The van der Waals surface area contributed by atoms with E-state index in [4.69, 9.17) is 5.26 Å². The van der Waals surface area contributed by atoms with Crippen LogP contribution >= 0.6 is 0 Å². The molecule has 0 radical (unpaired) electrons. The minimum absolute atomic E-state index is 0.00491. The van der Waals surface area contributed by atoms with E-state index >= 15 is 0 Å². The average Bonchev–Trinajstić information content (AvgIpc) is 3.07. The maximum atomic E-state index is 14.1. The fourth-order valence-corrected chi connectivity index (χ4v) is 4.86. The van der Waals surface area contributed by atoms with Crippen LogP contribution in [0.2, 0.25) is 0 Å². The largest absolute Gasteiger partial charge is 0.322 e. The topological polar surface area (TPSA) is 136 Å². The quantitative estimate of drug-likeness (QED) is 0.643. The van der Waals surface area contributed by atoms with Crippen LogP contribution in [0, 0.1) is 17.1 Å². The molecule has 9 nitrogen and oxygen atoms in total. The lowest BCUT2D eigenvalue weighted by molar-refractivity contribution is -0.136. The Morgan fingerprint density at radius 2 is 1.97 bits per heavy atom. The number of nitrogens with one attached hydrogen (secondary N) is 2. The van der Waals surface area contributed by atoms with Gasteiger partial charge in [-0.2, -0.15) is 5.26 Å². The number of sulfonamides is 1. The standard InChI is InChI=1S/C21H17FN4O5S/c22-16-8-12(9-23)2-5-18(16)32(30,31)24-10-13-1-3-15-14(7-13)11-26(21(15)29)17-4-6-19(27)25-20(17)28/h1-3,5,7-8,17,24H,4,6,10-11H2,(H,25,27,28). The van der Waals surface area contributed by atoms with Gasteiger partial charge in [0, 0.05) is 25.1 Å². The van der Waals surface area contributed by atoms with Crippen molar-refractivity contribution in [1.29, 1.82) is 5.26 Å². The first-order valence-electron chi connectivity index (χ1n) is 9.65. The number of fused-ring (bicyclic) bond motifs is 1. The third-order valence-electron chi connectivity index (χ3n) is 5.40. The summed E-state index contributed by atoms with van der Waals surface area (Å²) < 4.78 is 41.3. The second kappa shape index (κ2) is 8.14. The fourth-order valence-electron chi connectivity index (χ4n) is 3.78. The van der Waals surface area contributed by atoms with E-state index in [1.165, 1.54) is 11.0 Å². The minimum atomic E-state index is -4.18. The SMILES string of the molecule is N#Cc1ccc(S(=O)(=O)NCc2ccc3c(c2)CN(C2CCC(=O)NC2=O)C3=O)c(F)c1. The van der Waals surface area contributed by atoms with Gasteiger partial charge in [0.15, 0.2) is 0 Å². The number of piperidine rings is 1. The summed E-state index contributed by atoms with van der Waals surface area (Å²) in [5, 5.41) is 11.0. The molecule has 2 aliphatic rings. The van der Waals surface area contributed by atoms with Crippen molar-refractivity contribution in [1.82, 2.24) is 14.9 Å². The summed E-state index contributed by atoms with van der Waals surface area (Å²) in [6, 6.07) is 8.85. The van der Waals surface area contributed by atoms with Crippen LogP contribution in [0.15, 0.2) is 41.3 Å². The van der Waals surface area contributed by atoms with E-state index in [1.807, 2.05) is 0 Å². The van der Waals surface area contributed by atoms with E-state index in [1.54, 1.807) is 24.3 Å². The summed E-state index contributed by atoms with van der Waals surface area (Å²) in [6.45, 7) is 0.00689. The number of nitriles is 1. The van der Waals surface area contributed by atoms with Crippen molar-refractivity contribution in [3.8, 4) is 6.07 Å². The highest BCUT2D eigenvalue weighted by atomic mass is 32.2. The number of benzene rings is 2. The highest BCUT2D eigenvalue weighted by molar-refractivity contribution is 7.89. The van der Waals surface area contributed by atoms with Crippen molar-refractivity contribution in [3.63, 3.8) is 0 Å². The second-order valence-corrected chi connectivity index (χ2v) is 9.21. The van der Waals surface area contributed by atoms with Crippen molar-refractivity contribution in [3.05, 3.63) is 64.5 Å². The van der Waals surface area contributed by atoms with E-state index in [-0.39, 0.29) is 43.3 Å². The third-order valence-corrected chi connectivity index (χ3v) is 6.84. The summed E-state index contributed by atoms with van der Waals surface area (Å²) in [6.07, 6.45) is 0.392. The maximum absolute atomic E-state index is 14.1. The normalized spacial score (nSPS) is 18.3. The molecular formula is C21H17FN4O5S. The molecule has 164 valence electrons. The number of carbonyl (C=O) groups excluding carboxylic acids is 3. The van der Waals surface area contributed by atoms with Crippen LogP contribution in [0.3, 0.4) is 0 Å². The predicted octanol–water partition coefficient (Wildman–Crippen LogP) is 0.937. The van der Waals surface area contributed by atoms with Crippen LogP contribution in [0.25, 0.3) is 0 Å². The molecule has 2 aliphatic heterocycles. The molecule has 2 aromatic carbocycles. The molecule has 1 unspecified atom stereocenters. The molecule has 2 N–H and O–H groups in total. The van der Waals surface area contributed by atoms with Crippen LogP contribution in [0.4, 0.5) is 4.39 Å². The van der Waals surface area contributed by atoms with E-state index in [0.29, 0.717) is 16.7 Å². The van der Waals surface area contributed by atoms with Gasteiger partial charge in [0.1, 0.15) is 16.8 Å². The molecule has 0 aliphatic carbocycles. The van der Waals surface area contributed by atoms with Gasteiger partial charge in [-0.1, -0.05) is 12.1 Å². The monoisotopic (exact) mass is 456 g/mol. The van der Waals surface area contributed by atoms with E-state index in [0.717, 1.165) is 12.1 Å². The lowest BCUT2D eigenvalue weighted by Gasteiger charge is -2.29. The number of rotatable bonds is 5. The molecule has 4 rings (SSSR count). The maximum Gasteiger partial charge on any atom is 0.255 e. The van der Waals surface area contributed by atoms with Crippen molar-refractivity contribution in [2.45, 2.75) is 36.9 Å². The third kappa shape index (κ3) is 3.98. The van der Waals surface area contributed by atoms with Crippen molar-refractivity contribution < 1.29 is 27.2 Å². The molecule has 2 heterocycles. The lowest BCUT2D eigenvalue weighted by atomic mass is 10.0. The Kier molecular flexibility index (Phi) is 5.50. The first-order chi connectivity index (χ1) is 15.2. The van der Waals surface area contributed by atoms with Gasteiger partial charge in [0.25, 0.3) is 5.91 Å². The van der Waals surface area contributed by atoms with Gasteiger partial charge < -0.3 is 4.90 Å². The summed E-state index contributed by atoms with van der Waals surface area (Å²) in [4.78, 5) is 37.0. The lowest BCUT2D eigenvalue weighted by Crippen LogP contribution is -2.52. The zero-order chi connectivity index (χ0) is 23.0. The molecule has 3 amide bonds. The summed E-state index contributed by atoms with van der Waals surface area (Å²) >= 11 is 0. The molecule has 0 saturated carbocycles. The molecular weight excluding hydrogens is 439 g/mol. The fraction of sp³-hybridized carbons (Fsp3) is 0.238. The number of halogens is 1. The number of imide groups is 1. The molecule has 0 aromatic heterocycles. The zero-order valence-electron chi connectivity index (χ0n) is 16.6. The highest BCUT2D eigenvalue weighted by Gasteiger charge is 2.39. The average molecular weight is 456 g/mol. The van der Waals surface area contributed by atoms with Gasteiger partial charge in [0.05, 0.1) is 11.6 Å². The number of nitrogens with zero attached hydrogens (tertiary/aromatic N) is 2. The number of carbonyl (C=O) groups is 3. The molecule has 2 aromatic rings. The second-order valence-electron chi connectivity index (χ2n) is 7.47. The van der Waals surface area contributed by atoms with Gasteiger partial charge in [0.2, 0.25) is 21.8 Å². The summed E-state index contributed by atoms with van der Waals surface area (Å²) in [5.41, 5.74) is 1.57. The number of amides is 3. The Morgan fingerprint density at radius 1 is 1.19 bits per heavy atom. The van der Waals surface area contributed by atoms with Crippen LogP contribution in [-0.2, 0) is 32.7 Å². The summed E-state index contributed by atoms with van der Waals surface area (Å²) in [7, 11) is -4.18.